The molecule has 3 aromatic carbocycles. The number of benzene rings is 3. The van der Waals surface area contributed by atoms with Gasteiger partial charge in [0.25, 0.3) is 21.7 Å². The van der Waals surface area contributed by atoms with Crippen molar-refractivity contribution in [2.24, 2.45) is 0 Å². The Labute approximate surface area is 262 Å². The van der Waals surface area contributed by atoms with Crippen LogP contribution in [-0.4, -0.2) is 43.8 Å². The summed E-state index contributed by atoms with van der Waals surface area (Å²) >= 11 is 12.4. The van der Waals surface area contributed by atoms with E-state index in [9.17, 15) is 49.7 Å². The quantitative estimate of drug-likeness (QED) is 0.108. The number of halogens is 8. The lowest BCUT2D eigenvalue weighted by Crippen LogP contribution is -2.49. The number of hydrogen-bond acceptors (Lipinski definition) is 6. The number of amides is 1. The maximum atomic E-state index is 13.7. The number of rotatable bonds is 7. The summed E-state index contributed by atoms with van der Waals surface area (Å²) < 4.78 is 113. The summed E-state index contributed by atoms with van der Waals surface area (Å²) in [7, 11) is -4.57. The molecule has 1 amide bonds. The fraction of sp³-hybridized carbons (Fsp3) is 0.321. The molecule has 1 unspecified atom stereocenters. The zero-order valence-electron chi connectivity index (χ0n) is 23.0. The number of alkyl halides is 6. The second-order valence-corrected chi connectivity index (χ2v) is 12.5. The molecule has 0 saturated carbocycles. The van der Waals surface area contributed by atoms with Crippen LogP contribution in [0.1, 0.15) is 52.4 Å². The van der Waals surface area contributed by atoms with Crippen LogP contribution in [0.15, 0.2) is 59.5 Å². The van der Waals surface area contributed by atoms with Crippen LogP contribution < -0.4 is 0 Å². The Hall–Kier alpha value is -3.40. The number of nitro benzene ring substituents is 1. The minimum atomic E-state index is -5.21. The molecule has 1 atom stereocenters. The zero-order valence-corrected chi connectivity index (χ0v) is 25.3. The van der Waals surface area contributed by atoms with Gasteiger partial charge >= 0.3 is 12.4 Å². The van der Waals surface area contributed by atoms with Gasteiger partial charge in [-0.05, 0) is 67.3 Å². The summed E-state index contributed by atoms with van der Waals surface area (Å²) in [5.74, 6) is -1.21. The third-order valence-corrected chi connectivity index (χ3v) is 9.50. The third-order valence-electron chi connectivity index (χ3n) is 7.32. The first-order valence-electron chi connectivity index (χ1n) is 13.0. The molecule has 0 N–H and O–H groups in total. The van der Waals surface area contributed by atoms with E-state index in [0.29, 0.717) is 12.1 Å². The third kappa shape index (κ3) is 7.05. The second-order valence-electron chi connectivity index (χ2n) is 10.1. The van der Waals surface area contributed by atoms with Crippen LogP contribution >= 0.6 is 23.2 Å². The Morgan fingerprint density at radius 1 is 0.978 bits per heavy atom. The highest BCUT2D eigenvalue weighted by Gasteiger charge is 2.45. The molecule has 3 aromatic rings. The second kappa shape index (κ2) is 12.4. The van der Waals surface area contributed by atoms with Gasteiger partial charge in [-0.2, -0.15) is 34.8 Å². The Balaban J connectivity index is 1.97. The molecule has 0 spiro atoms. The SMILES string of the molecule is CCOS(=O)(=O)c1ccc([N+](=O)[O-])cc1C1(c2ccc(Cl)c(Cl)c2)CCCN(C(=O)c2cc(C(F)(F)F)cc(C(F)(F)F)c2)C1. The lowest BCUT2D eigenvalue weighted by molar-refractivity contribution is -0.385. The predicted molar refractivity (Wildman–Crippen MR) is 151 cm³/mol. The van der Waals surface area contributed by atoms with Crippen molar-refractivity contribution in [2.75, 3.05) is 19.7 Å². The average molecular weight is 699 g/mol. The van der Waals surface area contributed by atoms with Crippen LogP contribution in [0.4, 0.5) is 32.0 Å². The van der Waals surface area contributed by atoms with E-state index in [-0.39, 0.29) is 53.2 Å². The van der Waals surface area contributed by atoms with E-state index in [1.165, 1.54) is 25.1 Å². The van der Waals surface area contributed by atoms with E-state index >= 15 is 0 Å². The van der Waals surface area contributed by atoms with Crippen LogP contribution in [0.5, 0.6) is 0 Å². The van der Waals surface area contributed by atoms with Crippen molar-refractivity contribution in [1.82, 2.24) is 4.90 Å². The van der Waals surface area contributed by atoms with Crippen molar-refractivity contribution >= 4 is 44.9 Å². The molecule has 45 heavy (non-hydrogen) atoms. The first kappa shape index (κ1) is 34.5. The van der Waals surface area contributed by atoms with Gasteiger partial charge in [0.2, 0.25) is 0 Å². The highest BCUT2D eigenvalue weighted by Crippen LogP contribution is 2.46. The lowest BCUT2D eigenvalue weighted by atomic mass is 9.69. The number of piperidine rings is 1. The van der Waals surface area contributed by atoms with Crippen LogP contribution in [0.2, 0.25) is 10.0 Å². The molecule has 1 aliphatic heterocycles. The van der Waals surface area contributed by atoms with Crippen LogP contribution in [-0.2, 0) is 32.1 Å². The number of nitro groups is 1. The number of hydrogen-bond donors (Lipinski definition) is 0. The van der Waals surface area contributed by atoms with Crippen molar-refractivity contribution in [3.05, 3.63) is 103 Å². The Morgan fingerprint density at radius 2 is 1.60 bits per heavy atom. The minimum absolute atomic E-state index is 0.00987. The molecule has 1 aliphatic rings. The molecule has 17 heteroatoms. The number of carbonyl (C=O) groups is 1. The molecule has 4 rings (SSSR count). The summed E-state index contributed by atoms with van der Waals surface area (Å²) in [5, 5.41) is 11.9. The summed E-state index contributed by atoms with van der Waals surface area (Å²) in [5.41, 5.74) is -6.44. The topological polar surface area (TPSA) is 107 Å². The van der Waals surface area contributed by atoms with E-state index in [4.69, 9.17) is 27.4 Å². The molecule has 1 saturated heterocycles. The molecule has 0 bridgehead atoms. The van der Waals surface area contributed by atoms with Gasteiger partial charge in [-0.3, -0.25) is 19.1 Å². The van der Waals surface area contributed by atoms with E-state index in [0.717, 1.165) is 23.1 Å². The van der Waals surface area contributed by atoms with Crippen LogP contribution in [0.3, 0.4) is 0 Å². The number of likely N-dealkylation sites (tertiary alicyclic amines) is 1. The van der Waals surface area contributed by atoms with Crippen molar-refractivity contribution in [2.45, 2.75) is 42.4 Å². The molecular weight excluding hydrogens is 677 g/mol. The summed E-state index contributed by atoms with van der Waals surface area (Å²) in [6, 6.07) is 7.50. The lowest BCUT2D eigenvalue weighted by Gasteiger charge is -2.44. The Bertz CT molecular complexity index is 1730. The smallest absolute Gasteiger partial charge is 0.337 e. The van der Waals surface area contributed by atoms with Gasteiger partial charge in [0, 0.05) is 36.2 Å². The van der Waals surface area contributed by atoms with Gasteiger partial charge < -0.3 is 4.90 Å². The highest BCUT2D eigenvalue weighted by atomic mass is 35.5. The maximum absolute atomic E-state index is 13.7. The largest absolute Gasteiger partial charge is 0.416 e. The normalized spacial score (nSPS) is 17.8. The van der Waals surface area contributed by atoms with Crippen molar-refractivity contribution < 1.29 is 48.7 Å². The summed E-state index contributed by atoms with van der Waals surface area (Å²) in [6.45, 7) is 0.419. The zero-order chi connectivity index (χ0) is 33.5. The molecule has 242 valence electrons. The molecule has 1 heterocycles. The van der Waals surface area contributed by atoms with Gasteiger partial charge in [-0.25, -0.2) is 0 Å². The first-order chi connectivity index (χ1) is 20.8. The van der Waals surface area contributed by atoms with Gasteiger partial charge in [0.1, 0.15) is 0 Å². The predicted octanol–water partition coefficient (Wildman–Crippen LogP) is 7.89. The van der Waals surface area contributed by atoms with E-state index in [2.05, 4.69) is 0 Å². The van der Waals surface area contributed by atoms with Crippen molar-refractivity contribution in [1.29, 1.82) is 0 Å². The Kier molecular flexibility index (Phi) is 9.51. The van der Waals surface area contributed by atoms with Crippen molar-refractivity contribution in [3.63, 3.8) is 0 Å². The fourth-order valence-corrected chi connectivity index (χ4v) is 6.83. The van der Waals surface area contributed by atoms with E-state index < -0.39 is 72.5 Å². The van der Waals surface area contributed by atoms with Crippen LogP contribution in [0, 0.1) is 10.1 Å². The van der Waals surface area contributed by atoms with E-state index in [1.807, 2.05) is 0 Å². The Morgan fingerprint density at radius 3 is 2.13 bits per heavy atom. The monoisotopic (exact) mass is 698 g/mol. The molecular formula is C28H22Cl2F6N2O6S. The van der Waals surface area contributed by atoms with E-state index in [1.54, 1.807) is 0 Å². The first-order valence-corrected chi connectivity index (χ1v) is 15.2. The van der Waals surface area contributed by atoms with Gasteiger partial charge in [-0.15, -0.1) is 0 Å². The molecule has 8 nitrogen and oxygen atoms in total. The van der Waals surface area contributed by atoms with Gasteiger partial charge in [-0.1, -0.05) is 29.3 Å². The number of non-ortho nitro benzene ring substituents is 1. The fourth-order valence-electron chi connectivity index (χ4n) is 5.34. The number of nitrogens with zero attached hydrogens (tertiary/aromatic N) is 2. The average Bonchev–Trinajstić information content (AvgIpc) is 2.96. The molecule has 0 radical (unpaired) electrons. The standard InChI is InChI=1S/C28H22Cl2F6N2O6S/c1-2-44-45(42,43)24-7-5-20(38(40)41)14-21(24)26(17-4-6-22(29)23(30)13-17)8-3-9-37(15-26)25(39)16-10-18(27(31,32)33)12-19(11-16)28(34,35)36/h4-7,10-14H,2-3,8-9,15H2,1H3. The molecule has 1 fully saturated rings. The summed E-state index contributed by atoms with van der Waals surface area (Å²) in [4.78, 5) is 25.2. The molecule has 0 aromatic heterocycles. The highest BCUT2D eigenvalue weighted by molar-refractivity contribution is 7.86. The summed E-state index contributed by atoms with van der Waals surface area (Å²) in [6.07, 6.45) is -10.4. The number of carbonyl (C=O) groups excluding carboxylic acids is 1. The van der Waals surface area contributed by atoms with Crippen LogP contribution in [0.25, 0.3) is 0 Å². The minimum Gasteiger partial charge on any atom is -0.337 e. The van der Waals surface area contributed by atoms with Gasteiger partial charge in [0.05, 0.1) is 37.6 Å². The van der Waals surface area contributed by atoms with Gasteiger partial charge in [0.15, 0.2) is 0 Å². The molecule has 0 aliphatic carbocycles. The van der Waals surface area contributed by atoms with Crippen molar-refractivity contribution in [3.8, 4) is 0 Å². The maximum Gasteiger partial charge on any atom is 0.416 e.